The van der Waals surface area contributed by atoms with Gasteiger partial charge in [-0.1, -0.05) is 11.6 Å². The second kappa shape index (κ2) is 9.20. The fourth-order valence-electron chi connectivity index (χ4n) is 4.98. The Morgan fingerprint density at radius 3 is 2.44 bits per heavy atom. The largest absolute Gasteiger partial charge is 0.368 e. The van der Waals surface area contributed by atoms with Crippen LogP contribution in [-0.2, 0) is 26.0 Å². The summed E-state index contributed by atoms with van der Waals surface area (Å²) in [5.74, 6) is -0.188. The maximum atomic E-state index is 13.5. The van der Waals surface area contributed by atoms with Crippen molar-refractivity contribution in [1.82, 2.24) is 9.21 Å². The van der Waals surface area contributed by atoms with Gasteiger partial charge in [-0.25, -0.2) is 8.42 Å². The molecule has 3 heterocycles. The summed E-state index contributed by atoms with van der Waals surface area (Å²) in [6.07, 6.45) is 2.02. The number of carbonyl (C=O) groups excluding carboxylic acids is 2. The summed E-state index contributed by atoms with van der Waals surface area (Å²) in [6.45, 7) is 2.79. The number of amides is 2. The van der Waals surface area contributed by atoms with Gasteiger partial charge < -0.3 is 15.1 Å². The van der Waals surface area contributed by atoms with E-state index in [0.29, 0.717) is 69.1 Å². The monoisotopic (exact) mass is 502 g/mol. The van der Waals surface area contributed by atoms with Gasteiger partial charge in [-0.3, -0.25) is 9.59 Å². The second-order valence-electron chi connectivity index (χ2n) is 8.93. The Kier molecular flexibility index (Phi) is 6.26. The molecule has 180 valence electrons. The van der Waals surface area contributed by atoms with Gasteiger partial charge in [0.1, 0.15) is 6.04 Å². The number of anilines is 2. The summed E-state index contributed by atoms with van der Waals surface area (Å²) < 4.78 is 28.4. The molecular weight excluding hydrogens is 476 g/mol. The lowest BCUT2D eigenvalue weighted by Crippen LogP contribution is -2.54. The predicted octanol–water partition coefficient (Wildman–Crippen LogP) is 2.73. The number of rotatable bonds is 4. The highest BCUT2D eigenvalue weighted by molar-refractivity contribution is 7.89. The van der Waals surface area contributed by atoms with Crippen LogP contribution in [0.15, 0.2) is 47.4 Å². The number of benzene rings is 2. The van der Waals surface area contributed by atoms with Crippen molar-refractivity contribution in [3.05, 3.63) is 53.1 Å². The zero-order valence-electron chi connectivity index (χ0n) is 18.7. The third kappa shape index (κ3) is 4.39. The summed E-state index contributed by atoms with van der Waals surface area (Å²) >= 11 is 5.98. The minimum Gasteiger partial charge on any atom is -0.368 e. The van der Waals surface area contributed by atoms with Crippen LogP contribution in [0.25, 0.3) is 0 Å². The Morgan fingerprint density at radius 1 is 0.971 bits per heavy atom. The molecule has 3 aliphatic rings. The van der Waals surface area contributed by atoms with E-state index in [1.54, 1.807) is 17.0 Å². The van der Waals surface area contributed by atoms with Crippen molar-refractivity contribution in [1.29, 1.82) is 0 Å². The maximum Gasteiger partial charge on any atom is 0.243 e. The highest BCUT2D eigenvalue weighted by Crippen LogP contribution is 2.31. The van der Waals surface area contributed by atoms with Crippen molar-refractivity contribution in [2.75, 3.05) is 42.9 Å². The fourth-order valence-corrected chi connectivity index (χ4v) is 6.81. The lowest BCUT2D eigenvalue weighted by atomic mass is 10.0. The van der Waals surface area contributed by atoms with Crippen LogP contribution in [-0.4, -0.2) is 68.2 Å². The first-order valence-corrected chi connectivity index (χ1v) is 13.4. The van der Waals surface area contributed by atoms with Gasteiger partial charge in [-0.05, 0) is 67.3 Å². The molecule has 34 heavy (non-hydrogen) atoms. The summed E-state index contributed by atoms with van der Waals surface area (Å²) in [5, 5.41) is 3.46. The number of carbonyl (C=O) groups is 2. The van der Waals surface area contributed by atoms with E-state index < -0.39 is 16.1 Å². The van der Waals surface area contributed by atoms with Crippen molar-refractivity contribution in [3.63, 3.8) is 0 Å². The number of fused-ring (bicyclic) bond motifs is 1. The third-order valence-corrected chi connectivity index (χ3v) is 9.01. The topological polar surface area (TPSA) is 90.0 Å². The van der Waals surface area contributed by atoms with Crippen LogP contribution >= 0.6 is 11.6 Å². The van der Waals surface area contributed by atoms with Crippen LogP contribution in [0.2, 0.25) is 5.02 Å². The zero-order chi connectivity index (χ0) is 23.9. The zero-order valence-corrected chi connectivity index (χ0v) is 20.3. The van der Waals surface area contributed by atoms with E-state index in [2.05, 4.69) is 10.2 Å². The Hall–Kier alpha value is -2.62. The molecule has 2 saturated heterocycles. The van der Waals surface area contributed by atoms with Crippen LogP contribution in [0, 0.1) is 0 Å². The quantitative estimate of drug-likeness (QED) is 0.694. The molecule has 0 bridgehead atoms. The number of halogens is 1. The van der Waals surface area contributed by atoms with E-state index in [0.717, 1.165) is 11.3 Å². The first-order chi connectivity index (χ1) is 16.3. The van der Waals surface area contributed by atoms with Crippen molar-refractivity contribution < 1.29 is 18.0 Å². The highest BCUT2D eigenvalue weighted by atomic mass is 35.5. The molecule has 2 aromatic carbocycles. The number of aryl methyl sites for hydroxylation is 1. The van der Waals surface area contributed by atoms with Crippen LogP contribution in [0.3, 0.4) is 0 Å². The number of nitrogens with zero attached hydrogens (tertiary/aromatic N) is 3. The van der Waals surface area contributed by atoms with E-state index >= 15 is 0 Å². The van der Waals surface area contributed by atoms with Crippen LogP contribution in [0.5, 0.6) is 0 Å². The average Bonchev–Trinajstić information content (AvgIpc) is 3.35. The molecule has 0 radical (unpaired) electrons. The number of sulfonamides is 1. The number of hydrogen-bond donors (Lipinski definition) is 1. The van der Waals surface area contributed by atoms with Gasteiger partial charge in [0.15, 0.2) is 0 Å². The molecular formula is C24H27ClN4O4S. The molecule has 2 fully saturated rings. The molecule has 8 nitrogen and oxygen atoms in total. The molecule has 1 atom stereocenters. The first kappa shape index (κ1) is 23.1. The third-order valence-electron chi connectivity index (χ3n) is 6.85. The molecule has 10 heteroatoms. The number of hydrogen-bond acceptors (Lipinski definition) is 5. The standard InChI is InChI=1S/C24H27ClN4O4S/c25-18-4-6-19(7-5-18)27-12-14-28(15-13-27)24(31)22-2-1-11-29(22)34(32,33)20-8-9-21-17(16-20)3-10-23(30)26-21/h4-9,16,22H,1-3,10-15H2,(H,26,30). The minimum absolute atomic E-state index is 0.0653. The number of piperazine rings is 1. The van der Waals surface area contributed by atoms with E-state index in [4.69, 9.17) is 11.6 Å². The normalized spacial score (nSPS) is 21.3. The summed E-state index contributed by atoms with van der Waals surface area (Å²) in [4.78, 5) is 29.2. The van der Waals surface area contributed by atoms with Gasteiger partial charge in [0.05, 0.1) is 4.90 Å². The van der Waals surface area contributed by atoms with Crippen LogP contribution in [0.4, 0.5) is 11.4 Å². The van der Waals surface area contributed by atoms with E-state index in [-0.39, 0.29) is 16.7 Å². The molecule has 2 amide bonds. The predicted molar refractivity (Wildman–Crippen MR) is 131 cm³/mol. The van der Waals surface area contributed by atoms with Crippen molar-refractivity contribution in [2.45, 2.75) is 36.6 Å². The summed E-state index contributed by atoms with van der Waals surface area (Å²) in [7, 11) is -3.83. The summed E-state index contributed by atoms with van der Waals surface area (Å²) in [5.41, 5.74) is 2.52. The lowest BCUT2D eigenvalue weighted by molar-refractivity contribution is -0.134. The van der Waals surface area contributed by atoms with Gasteiger partial charge in [0, 0.05) is 55.5 Å². The SMILES string of the molecule is O=C1CCc2cc(S(=O)(=O)N3CCCC3C(=O)N3CCN(c4ccc(Cl)cc4)CC3)ccc2N1. The molecule has 0 saturated carbocycles. The molecule has 5 rings (SSSR count). The molecule has 1 N–H and O–H groups in total. The van der Waals surface area contributed by atoms with Crippen molar-refractivity contribution in [2.24, 2.45) is 0 Å². The average molecular weight is 503 g/mol. The summed E-state index contributed by atoms with van der Waals surface area (Å²) in [6, 6.07) is 11.8. The van der Waals surface area contributed by atoms with Gasteiger partial charge in [-0.15, -0.1) is 0 Å². The Bertz CT molecular complexity index is 1210. The second-order valence-corrected chi connectivity index (χ2v) is 11.3. The van der Waals surface area contributed by atoms with Gasteiger partial charge in [-0.2, -0.15) is 4.31 Å². The lowest BCUT2D eigenvalue weighted by Gasteiger charge is -2.38. The van der Waals surface area contributed by atoms with Crippen LogP contribution in [0.1, 0.15) is 24.8 Å². The van der Waals surface area contributed by atoms with Crippen LogP contribution < -0.4 is 10.2 Å². The van der Waals surface area contributed by atoms with Crippen molar-refractivity contribution >= 4 is 44.8 Å². The van der Waals surface area contributed by atoms with Gasteiger partial charge in [0.2, 0.25) is 21.8 Å². The Labute approximate surface area is 204 Å². The van der Waals surface area contributed by atoms with Gasteiger partial charge in [0.25, 0.3) is 0 Å². The number of nitrogens with one attached hydrogen (secondary N) is 1. The molecule has 0 spiro atoms. The molecule has 3 aliphatic heterocycles. The molecule has 2 aromatic rings. The fraction of sp³-hybridized carbons (Fsp3) is 0.417. The smallest absolute Gasteiger partial charge is 0.243 e. The van der Waals surface area contributed by atoms with E-state index in [1.165, 1.54) is 10.4 Å². The van der Waals surface area contributed by atoms with Crippen molar-refractivity contribution in [3.8, 4) is 0 Å². The highest BCUT2D eigenvalue weighted by Gasteiger charge is 2.42. The first-order valence-electron chi connectivity index (χ1n) is 11.6. The van der Waals surface area contributed by atoms with Gasteiger partial charge >= 0.3 is 0 Å². The maximum absolute atomic E-state index is 13.5. The Morgan fingerprint density at radius 2 is 1.71 bits per heavy atom. The Balaban J connectivity index is 1.28. The molecule has 0 aliphatic carbocycles. The van der Waals surface area contributed by atoms with E-state index in [9.17, 15) is 18.0 Å². The molecule has 0 aromatic heterocycles. The minimum atomic E-state index is -3.83. The van der Waals surface area contributed by atoms with E-state index in [1.807, 2.05) is 24.3 Å². The molecule has 1 unspecified atom stereocenters.